The topological polar surface area (TPSA) is 92.9 Å². The maximum atomic E-state index is 13.4. The quantitative estimate of drug-likeness (QED) is 0.353. The van der Waals surface area contributed by atoms with Crippen molar-refractivity contribution < 1.29 is 19.0 Å². The molecule has 2 N–H and O–H groups in total. The van der Waals surface area contributed by atoms with Gasteiger partial charge in [-0.1, -0.05) is 42.5 Å². The molecule has 8 nitrogen and oxygen atoms in total. The molecular formula is C28H29N3O5. The molecule has 0 atom stereocenters. The number of fused-ring (bicyclic) bond motifs is 1. The summed E-state index contributed by atoms with van der Waals surface area (Å²) in [5.41, 5.74) is 2.45. The highest BCUT2D eigenvalue weighted by Gasteiger charge is 2.18. The molecule has 1 aromatic heterocycles. The van der Waals surface area contributed by atoms with Gasteiger partial charge in [-0.05, 0) is 36.2 Å². The number of aromatic amines is 1. The number of pyridine rings is 1. The van der Waals surface area contributed by atoms with E-state index in [1.807, 2.05) is 42.5 Å². The van der Waals surface area contributed by atoms with Crippen LogP contribution < -0.4 is 25.1 Å². The van der Waals surface area contributed by atoms with Gasteiger partial charge in [0.05, 0.1) is 39.1 Å². The second-order valence-corrected chi connectivity index (χ2v) is 8.21. The van der Waals surface area contributed by atoms with Crippen molar-refractivity contribution >= 4 is 22.6 Å². The molecule has 0 spiro atoms. The number of urea groups is 1. The van der Waals surface area contributed by atoms with Gasteiger partial charge in [0.15, 0.2) is 11.5 Å². The molecule has 4 aromatic rings. The summed E-state index contributed by atoms with van der Waals surface area (Å²) in [6, 6.07) is 22.1. The van der Waals surface area contributed by atoms with Crippen LogP contribution in [0.2, 0.25) is 0 Å². The molecular weight excluding hydrogens is 458 g/mol. The number of hydrogen-bond donors (Lipinski definition) is 2. The van der Waals surface area contributed by atoms with Crippen LogP contribution >= 0.6 is 0 Å². The first-order valence-corrected chi connectivity index (χ1v) is 11.5. The van der Waals surface area contributed by atoms with Crippen molar-refractivity contribution in [3.63, 3.8) is 0 Å². The monoisotopic (exact) mass is 487 g/mol. The smallest absolute Gasteiger partial charge is 0.322 e. The summed E-state index contributed by atoms with van der Waals surface area (Å²) in [4.78, 5) is 30.9. The third-order valence-corrected chi connectivity index (χ3v) is 5.94. The number of aromatic nitrogens is 1. The van der Waals surface area contributed by atoms with Gasteiger partial charge < -0.3 is 29.4 Å². The number of rotatable bonds is 9. The number of nitrogens with zero attached hydrogens (tertiary/aromatic N) is 1. The molecule has 36 heavy (non-hydrogen) atoms. The largest absolute Gasteiger partial charge is 0.495 e. The van der Waals surface area contributed by atoms with E-state index >= 15 is 0 Å². The molecule has 4 rings (SSSR count). The van der Waals surface area contributed by atoms with E-state index in [4.69, 9.17) is 14.2 Å². The molecule has 0 bridgehead atoms. The van der Waals surface area contributed by atoms with E-state index in [-0.39, 0.29) is 18.1 Å². The van der Waals surface area contributed by atoms with Gasteiger partial charge in [0, 0.05) is 23.6 Å². The van der Waals surface area contributed by atoms with Crippen molar-refractivity contribution in [1.82, 2.24) is 9.88 Å². The maximum Gasteiger partial charge on any atom is 0.322 e. The minimum atomic E-state index is -0.331. The number of benzene rings is 3. The highest BCUT2D eigenvalue weighted by molar-refractivity contribution is 5.91. The van der Waals surface area contributed by atoms with E-state index in [1.165, 1.54) is 0 Å². The fraction of sp³-hybridized carbons (Fsp3) is 0.214. The molecule has 0 fully saturated rings. The Labute approximate surface area is 209 Å². The van der Waals surface area contributed by atoms with Crippen LogP contribution in [0.4, 0.5) is 10.5 Å². The van der Waals surface area contributed by atoms with Crippen LogP contribution in [0.15, 0.2) is 77.6 Å². The fourth-order valence-corrected chi connectivity index (χ4v) is 4.00. The van der Waals surface area contributed by atoms with E-state index in [9.17, 15) is 9.59 Å². The fourth-order valence-electron chi connectivity index (χ4n) is 4.00. The summed E-state index contributed by atoms with van der Waals surface area (Å²) in [5, 5.41) is 3.69. The molecule has 0 radical (unpaired) electrons. The Hall–Kier alpha value is -4.46. The molecule has 186 valence electrons. The first-order chi connectivity index (χ1) is 17.5. The van der Waals surface area contributed by atoms with Crippen molar-refractivity contribution in [3.8, 4) is 17.2 Å². The molecule has 0 saturated carbocycles. The standard InChI is InChI=1S/C28H29N3O5/c1-34-24-12-8-7-11-22(24)30-28(33)31(14-13-19-9-5-4-6-10-19)18-21-15-20-16-25(35-2)26(36-3)17-23(20)29-27(21)32/h4-12,15-17H,13-14,18H2,1-3H3,(H,29,32)(H,30,33). The first-order valence-electron chi connectivity index (χ1n) is 11.5. The third kappa shape index (κ3) is 5.60. The van der Waals surface area contributed by atoms with Crippen LogP contribution in [0, 0.1) is 0 Å². The summed E-state index contributed by atoms with van der Waals surface area (Å²) in [7, 11) is 4.65. The summed E-state index contributed by atoms with van der Waals surface area (Å²) in [6.07, 6.45) is 0.636. The van der Waals surface area contributed by atoms with E-state index in [2.05, 4.69) is 10.3 Å². The number of carbonyl (C=O) groups is 1. The van der Waals surface area contributed by atoms with Gasteiger partial charge in [0.2, 0.25) is 0 Å². The summed E-state index contributed by atoms with van der Waals surface area (Å²) >= 11 is 0. The number of methoxy groups -OCH3 is 3. The van der Waals surface area contributed by atoms with Gasteiger partial charge in [0.25, 0.3) is 5.56 Å². The Balaban J connectivity index is 1.64. The van der Waals surface area contributed by atoms with Crippen LogP contribution in [-0.2, 0) is 13.0 Å². The highest BCUT2D eigenvalue weighted by Crippen LogP contribution is 2.31. The Morgan fingerprint density at radius 1 is 0.861 bits per heavy atom. The molecule has 0 unspecified atom stereocenters. The third-order valence-electron chi connectivity index (χ3n) is 5.94. The predicted octanol–water partition coefficient (Wildman–Crippen LogP) is 4.83. The molecule has 0 aliphatic rings. The summed E-state index contributed by atoms with van der Waals surface area (Å²) in [5.74, 6) is 1.63. The molecule has 1 heterocycles. The lowest BCUT2D eigenvalue weighted by atomic mass is 10.1. The van der Waals surface area contributed by atoms with Crippen LogP contribution in [0.5, 0.6) is 17.2 Å². The average molecular weight is 488 g/mol. The van der Waals surface area contributed by atoms with Crippen LogP contribution in [0.3, 0.4) is 0 Å². The Morgan fingerprint density at radius 3 is 2.25 bits per heavy atom. The number of amides is 2. The molecule has 2 amide bonds. The average Bonchev–Trinajstić information content (AvgIpc) is 2.91. The lowest BCUT2D eigenvalue weighted by Gasteiger charge is -2.24. The summed E-state index contributed by atoms with van der Waals surface area (Å²) < 4.78 is 16.1. The van der Waals surface area contributed by atoms with Crippen molar-refractivity contribution in [2.45, 2.75) is 13.0 Å². The van der Waals surface area contributed by atoms with Gasteiger partial charge in [-0.15, -0.1) is 0 Å². The Morgan fingerprint density at radius 2 is 1.53 bits per heavy atom. The number of para-hydroxylation sites is 2. The van der Waals surface area contributed by atoms with E-state index in [1.54, 1.807) is 56.6 Å². The van der Waals surface area contributed by atoms with E-state index < -0.39 is 0 Å². The van der Waals surface area contributed by atoms with Gasteiger partial charge in [-0.3, -0.25) is 4.79 Å². The molecule has 0 saturated heterocycles. The zero-order chi connectivity index (χ0) is 25.5. The number of anilines is 1. The zero-order valence-corrected chi connectivity index (χ0v) is 20.5. The molecule has 3 aromatic carbocycles. The van der Waals surface area contributed by atoms with Crippen LogP contribution in [0.1, 0.15) is 11.1 Å². The van der Waals surface area contributed by atoms with Crippen LogP contribution in [-0.4, -0.2) is 43.8 Å². The molecule has 8 heteroatoms. The number of hydrogen-bond acceptors (Lipinski definition) is 5. The highest BCUT2D eigenvalue weighted by atomic mass is 16.5. The van der Waals surface area contributed by atoms with E-state index in [0.717, 1.165) is 10.9 Å². The maximum absolute atomic E-state index is 13.4. The number of nitrogens with one attached hydrogen (secondary N) is 2. The van der Waals surface area contributed by atoms with Crippen LogP contribution in [0.25, 0.3) is 10.9 Å². The minimum absolute atomic E-state index is 0.118. The normalized spacial score (nSPS) is 10.6. The Kier molecular flexibility index (Phi) is 7.75. The van der Waals surface area contributed by atoms with Crippen molar-refractivity contribution in [2.24, 2.45) is 0 Å². The molecule has 0 aliphatic heterocycles. The lowest BCUT2D eigenvalue weighted by Crippen LogP contribution is -2.37. The van der Waals surface area contributed by atoms with Crippen molar-refractivity contribution in [2.75, 3.05) is 33.2 Å². The number of carbonyl (C=O) groups excluding carboxylic acids is 1. The number of ether oxygens (including phenoxy) is 3. The minimum Gasteiger partial charge on any atom is -0.495 e. The van der Waals surface area contributed by atoms with E-state index in [0.29, 0.717) is 47.0 Å². The molecule has 0 aliphatic carbocycles. The number of H-pyrrole nitrogens is 1. The predicted molar refractivity (Wildman–Crippen MR) is 140 cm³/mol. The SMILES string of the molecule is COc1ccccc1NC(=O)N(CCc1ccccc1)Cc1cc2cc(OC)c(OC)cc2[nH]c1=O. The lowest BCUT2D eigenvalue weighted by molar-refractivity contribution is 0.209. The zero-order valence-electron chi connectivity index (χ0n) is 20.5. The van der Waals surface area contributed by atoms with Gasteiger partial charge in [-0.2, -0.15) is 0 Å². The van der Waals surface area contributed by atoms with Crippen molar-refractivity contribution in [1.29, 1.82) is 0 Å². The second-order valence-electron chi connectivity index (χ2n) is 8.21. The van der Waals surface area contributed by atoms with Gasteiger partial charge in [-0.25, -0.2) is 4.79 Å². The van der Waals surface area contributed by atoms with Gasteiger partial charge >= 0.3 is 6.03 Å². The summed E-state index contributed by atoms with van der Waals surface area (Å²) in [6.45, 7) is 0.530. The Bertz CT molecular complexity index is 1400. The van der Waals surface area contributed by atoms with Crippen molar-refractivity contribution in [3.05, 3.63) is 94.3 Å². The second kappa shape index (κ2) is 11.3. The van der Waals surface area contributed by atoms with Gasteiger partial charge in [0.1, 0.15) is 5.75 Å². The first kappa shape index (κ1) is 24.7.